The van der Waals surface area contributed by atoms with E-state index in [1.165, 1.54) is 0 Å². The normalized spacial score (nSPS) is 41.0. The topological polar surface area (TPSA) is 519 Å². The van der Waals surface area contributed by atoms with E-state index in [0.29, 0.717) is 0 Å². The molecule has 18 atom stereocenters. The van der Waals surface area contributed by atoms with Crippen LogP contribution in [0.5, 0.6) is 0 Å². The Bertz CT molecular complexity index is 1480. The van der Waals surface area contributed by atoms with Gasteiger partial charge in [0.15, 0.2) is 47.7 Å². The maximum atomic E-state index is 10.9. The van der Waals surface area contributed by atoms with E-state index in [2.05, 4.69) is 0 Å². The molecular weight excluding hydrogens is 912 g/mol. The Morgan fingerprint density at radius 3 is 1.39 bits per heavy atom. The molecule has 0 spiro atoms. The number of aliphatic hydroxyl groups is 22. The van der Waals surface area contributed by atoms with Crippen LogP contribution < -0.4 is 0 Å². The Balaban J connectivity index is 2.67. The van der Waals surface area contributed by atoms with Crippen LogP contribution in [0.2, 0.25) is 0 Å². The minimum absolute atomic E-state index is 0.649. The largest absolute Gasteiger partial charge is 0.506 e. The lowest BCUT2D eigenvalue weighted by Gasteiger charge is -2.43. The van der Waals surface area contributed by atoms with Gasteiger partial charge >= 0.3 is 0 Å². The molecule has 1 fully saturated rings. The predicted molar refractivity (Wildman–Crippen MR) is 206 cm³/mol. The van der Waals surface area contributed by atoms with Gasteiger partial charge in [0.05, 0.1) is 25.4 Å². The standard InChI is InChI=1S/C36H64O30/c37-5-1-15-22(46)19(11-42)66-65-13(10-41)9-14(44)21(45)32(55)60-16(2-6-38)24(48)29(53)35(58)64-31-20(12-43)63-36(30(54)26(31)50)62-18(4-8-40)25(49)28(52)34(57)61-17(3-7-39)23(47)27(51)33(56)59-15/h13-18,20-21,23,26-27,30-58H,1-12H2/b22-19+,28-25-,29-24?. The minimum Gasteiger partial charge on any atom is -0.506 e. The molecular formula is C36H64O30. The first-order chi connectivity index (χ1) is 31.2. The average Bonchev–Trinajstić information content (AvgIpc) is 3.30. The predicted octanol–water partition coefficient (Wildman–Crippen LogP) is -8.27. The molecule has 0 amide bonds. The summed E-state index contributed by atoms with van der Waals surface area (Å²) in [5.41, 5.74) is 0. The fourth-order valence-electron chi connectivity index (χ4n) is 6.21. The molecule has 1 saturated heterocycles. The van der Waals surface area contributed by atoms with Crippen molar-refractivity contribution in [3.05, 3.63) is 34.6 Å². The lowest BCUT2D eigenvalue weighted by atomic mass is 9.98. The molecule has 0 aromatic rings. The highest BCUT2D eigenvalue weighted by Gasteiger charge is 2.48. The highest BCUT2D eigenvalue weighted by atomic mass is 17.2. The number of rotatable bonds is 11. The van der Waals surface area contributed by atoms with Crippen LogP contribution in [0.15, 0.2) is 34.6 Å². The molecule has 0 radical (unpaired) electrons. The number of hydrogen-bond donors (Lipinski definition) is 22. The SMILES string of the molecule is OCCC1OC(O)C(O)C(O)CC(CO)OO/C(CO)=C(/O)C(CCO)OC(O)C(O)C(O)C(CCO)OC(O)/C(O)=C(/O)C(CCO)OC2OC(CO)C(OC(O)C(O)=C1O)C(O)C2O. The zero-order valence-corrected chi connectivity index (χ0v) is 35.0. The maximum absolute atomic E-state index is 10.9. The van der Waals surface area contributed by atoms with E-state index in [-0.39, 0.29) is 0 Å². The van der Waals surface area contributed by atoms with E-state index in [1.807, 2.05) is 0 Å². The Morgan fingerprint density at radius 1 is 0.424 bits per heavy atom. The third-order valence-electron chi connectivity index (χ3n) is 9.94. The van der Waals surface area contributed by atoms with Crippen LogP contribution in [0.4, 0.5) is 0 Å². The van der Waals surface area contributed by atoms with Crippen LogP contribution in [0.25, 0.3) is 0 Å². The van der Waals surface area contributed by atoms with Crippen molar-refractivity contribution < 1.29 is 151 Å². The van der Waals surface area contributed by atoms with Gasteiger partial charge in [-0.3, -0.25) is 0 Å². The molecule has 0 aromatic heterocycles. The number of hydrogen-bond acceptors (Lipinski definition) is 30. The van der Waals surface area contributed by atoms with Crippen molar-refractivity contribution in [2.24, 2.45) is 0 Å². The maximum Gasteiger partial charge on any atom is 0.218 e. The van der Waals surface area contributed by atoms with E-state index in [4.69, 9.17) is 38.2 Å². The lowest BCUT2D eigenvalue weighted by Crippen LogP contribution is -2.61. The first-order valence-corrected chi connectivity index (χ1v) is 20.2. The summed E-state index contributed by atoms with van der Waals surface area (Å²) in [7, 11) is 0. The van der Waals surface area contributed by atoms with Gasteiger partial charge in [-0.25, -0.2) is 0 Å². The highest BCUT2D eigenvalue weighted by molar-refractivity contribution is 5.10. The molecule has 388 valence electrons. The summed E-state index contributed by atoms with van der Waals surface area (Å²) in [6, 6.07) is 0. The van der Waals surface area contributed by atoms with E-state index in [9.17, 15) is 112 Å². The lowest BCUT2D eigenvalue weighted by molar-refractivity contribution is -0.329. The molecule has 66 heavy (non-hydrogen) atoms. The Morgan fingerprint density at radius 2 is 0.909 bits per heavy atom. The second-order valence-corrected chi connectivity index (χ2v) is 14.7. The van der Waals surface area contributed by atoms with Gasteiger partial charge in [0.1, 0.15) is 73.8 Å². The van der Waals surface area contributed by atoms with E-state index >= 15 is 0 Å². The van der Waals surface area contributed by atoms with E-state index < -0.39 is 224 Å². The van der Waals surface area contributed by atoms with Gasteiger partial charge in [-0.2, -0.15) is 4.89 Å². The molecule has 30 nitrogen and oxygen atoms in total. The molecule has 0 aliphatic carbocycles. The second-order valence-electron chi connectivity index (χ2n) is 14.7. The third-order valence-corrected chi connectivity index (χ3v) is 9.94. The first kappa shape index (κ1) is 59.2. The van der Waals surface area contributed by atoms with Crippen molar-refractivity contribution in [2.45, 2.75) is 143 Å². The van der Waals surface area contributed by atoms with E-state index in [0.717, 1.165) is 0 Å². The van der Waals surface area contributed by atoms with Crippen LogP contribution >= 0.6 is 0 Å². The first-order valence-electron chi connectivity index (χ1n) is 20.2. The monoisotopic (exact) mass is 976 g/mol. The van der Waals surface area contributed by atoms with Crippen LogP contribution in [0.1, 0.15) is 32.1 Å². The van der Waals surface area contributed by atoms with Gasteiger partial charge in [0.2, 0.25) is 18.3 Å². The molecule has 3 rings (SSSR count). The van der Waals surface area contributed by atoms with Crippen LogP contribution in [0, 0.1) is 0 Å². The Labute approximate surface area is 374 Å². The molecule has 2 bridgehead atoms. The highest BCUT2D eigenvalue weighted by Crippen LogP contribution is 2.30. The van der Waals surface area contributed by atoms with Gasteiger partial charge in [-0.05, 0) is 6.42 Å². The van der Waals surface area contributed by atoms with Crippen molar-refractivity contribution in [1.29, 1.82) is 0 Å². The summed E-state index contributed by atoms with van der Waals surface area (Å²) < 4.78 is 31.4. The fourth-order valence-corrected chi connectivity index (χ4v) is 6.21. The van der Waals surface area contributed by atoms with Gasteiger partial charge in [-0.1, -0.05) is 0 Å². The molecule has 0 aromatic carbocycles. The third kappa shape index (κ3) is 16.4. The number of aliphatic hydroxyl groups excluding tert-OH is 22. The number of ether oxygens (including phenoxy) is 6. The molecule has 3 heterocycles. The Kier molecular flexibility index (Phi) is 26.2. The zero-order valence-electron chi connectivity index (χ0n) is 35.0. The summed E-state index contributed by atoms with van der Waals surface area (Å²) in [5.74, 6) is -7.92. The van der Waals surface area contributed by atoms with Crippen LogP contribution in [-0.4, -0.2) is 269 Å². The second kappa shape index (κ2) is 29.2. The summed E-state index contributed by atoms with van der Waals surface area (Å²) in [6.07, 6.45) is -43.7. The molecule has 3 aliphatic rings. The molecule has 30 heteroatoms. The fraction of sp³-hybridized carbons (Fsp3) is 0.833. The van der Waals surface area contributed by atoms with Gasteiger partial charge < -0.3 is 146 Å². The minimum atomic E-state index is -2.70. The zero-order chi connectivity index (χ0) is 50.0. The van der Waals surface area contributed by atoms with E-state index in [1.54, 1.807) is 0 Å². The van der Waals surface area contributed by atoms with Crippen molar-refractivity contribution in [2.75, 3.05) is 46.2 Å². The Hall–Kier alpha value is -2.94. The molecule has 22 N–H and O–H groups in total. The van der Waals surface area contributed by atoms with Crippen molar-refractivity contribution in [3.63, 3.8) is 0 Å². The smallest absolute Gasteiger partial charge is 0.218 e. The summed E-state index contributed by atoms with van der Waals surface area (Å²) in [5, 5.41) is 229. The van der Waals surface area contributed by atoms with Gasteiger partial charge in [-0.15, -0.1) is 0 Å². The molecule has 18 unspecified atom stereocenters. The van der Waals surface area contributed by atoms with Gasteiger partial charge in [0, 0.05) is 52.1 Å². The average molecular weight is 977 g/mol. The molecule has 3 aliphatic heterocycles. The van der Waals surface area contributed by atoms with Crippen LogP contribution in [-0.2, 0) is 38.2 Å². The quantitative estimate of drug-likeness (QED) is 0.0855. The van der Waals surface area contributed by atoms with Crippen molar-refractivity contribution in [3.8, 4) is 0 Å². The van der Waals surface area contributed by atoms with Crippen LogP contribution in [0.3, 0.4) is 0 Å². The summed E-state index contributed by atoms with van der Waals surface area (Å²) in [4.78, 5) is 9.79. The van der Waals surface area contributed by atoms with Crippen molar-refractivity contribution >= 4 is 0 Å². The van der Waals surface area contributed by atoms with Crippen molar-refractivity contribution in [1.82, 2.24) is 0 Å². The molecule has 0 saturated carbocycles. The van der Waals surface area contributed by atoms with Gasteiger partial charge in [0.25, 0.3) is 0 Å². The summed E-state index contributed by atoms with van der Waals surface area (Å²) in [6.45, 7) is -6.85. The number of fused-ring (bicyclic) bond motifs is 25. The summed E-state index contributed by atoms with van der Waals surface area (Å²) >= 11 is 0.